The van der Waals surface area contributed by atoms with Gasteiger partial charge in [-0.05, 0) is 59.0 Å². The second kappa shape index (κ2) is 6.25. The van der Waals surface area contributed by atoms with Crippen LogP contribution in [-0.4, -0.2) is 17.4 Å². The molecule has 0 aromatic heterocycles. The number of fused-ring (bicyclic) bond motifs is 1. The van der Waals surface area contributed by atoms with Crippen LogP contribution in [0.4, 0.5) is 0 Å². The molecule has 1 unspecified atom stereocenters. The lowest BCUT2D eigenvalue weighted by Crippen LogP contribution is -2.40. The van der Waals surface area contributed by atoms with Crippen LogP contribution in [-0.2, 0) is 6.42 Å². The quantitative estimate of drug-likeness (QED) is 0.747. The van der Waals surface area contributed by atoms with Crippen LogP contribution in [0.15, 0.2) is 46.9 Å². The van der Waals surface area contributed by atoms with Crippen molar-refractivity contribution in [3.8, 4) is 0 Å². The van der Waals surface area contributed by atoms with E-state index in [2.05, 4.69) is 48.0 Å². The predicted octanol–water partition coefficient (Wildman–Crippen LogP) is 4.91. The van der Waals surface area contributed by atoms with Crippen LogP contribution in [0.25, 0.3) is 0 Å². The Hall–Kier alpha value is -1.61. The Bertz CT molecular complexity index is 710. The predicted molar refractivity (Wildman–Crippen MR) is 93.1 cm³/mol. The zero-order valence-corrected chi connectivity index (χ0v) is 14.6. The van der Waals surface area contributed by atoms with E-state index in [9.17, 15) is 4.79 Å². The number of hydrogen-bond donors (Lipinski definition) is 0. The van der Waals surface area contributed by atoms with Crippen LogP contribution >= 0.6 is 15.9 Å². The Labute approximate surface area is 140 Å². The first-order valence-corrected chi connectivity index (χ1v) is 8.56. The average Bonchev–Trinajstić information content (AvgIpc) is 2.53. The van der Waals surface area contributed by atoms with Gasteiger partial charge in [0.15, 0.2) is 0 Å². The molecule has 1 aliphatic rings. The van der Waals surface area contributed by atoms with E-state index in [1.807, 2.05) is 29.2 Å². The van der Waals surface area contributed by atoms with E-state index in [1.54, 1.807) is 0 Å². The molecule has 1 heterocycles. The summed E-state index contributed by atoms with van der Waals surface area (Å²) in [5.41, 5.74) is 4.73. The monoisotopic (exact) mass is 357 g/mol. The van der Waals surface area contributed by atoms with E-state index in [0.717, 1.165) is 29.4 Å². The van der Waals surface area contributed by atoms with E-state index in [0.29, 0.717) is 0 Å². The highest BCUT2D eigenvalue weighted by molar-refractivity contribution is 9.10. The van der Waals surface area contributed by atoms with Crippen molar-refractivity contribution in [3.05, 3.63) is 69.2 Å². The molecule has 1 atom stereocenters. The van der Waals surface area contributed by atoms with Gasteiger partial charge in [0, 0.05) is 11.0 Å². The summed E-state index contributed by atoms with van der Waals surface area (Å²) in [5.74, 6) is 0.116. The number of aryl methyl sites for hydroxylation is 1. The lowest BCUT2D eigenvalue weighted by Gasteiger charge is -2.37. The molecule has 0 fully saturated rings. The first kappa shape index (κ1) is 15.3. The van der Waals surface area contributed by atoms with Crippen LogP contribution in [0.5, 0.6) is 0 Å². The van der Waals surface area contributed by atoms with Crippen molar-refractivity contribution in [1.29, 1.82) is 0 Å². The highest BCUT2D eigenvalue weighted by Gasteiger charge is 2.30. The molecular weight excluding hydrogens is 338 g/mol. The third-order valence-corrected chi connectivity index (χ3v) is 5.10. The van der Waals surface area contributed by atoms with Gasteiger partial charge in [-0.15, -0.1) is 0 Å². The number of halogens is 1. The summed E-state index contributed by atoms with van der Waals surface area (Å²) in [7, 11) is 0. The van der Waals surface area contributed by atoms with Gasteiger partial charge >= 0.3 is 0 Å². The van der Waals surface area contributed by atoms with Crippen LogP contribution < -0.4 is 0 Å². The van der Waals surface area contributed by atoms with Gasteiger partial charge in [0.1, 0.15) is 0 Å². The molecule has 114 valence electrons. The Morgan fingerprint density at radius 2 is 2.05 bits per heavy atom. The van der Waals surface area contributed by atoms with Gasteiger partial charge in [-0.25, -0.2) is 0 Å². The first-order valence-electron chi connectivity index (χ1n) is 7.76. The molecule has 3 rings (SSSR count). The van der Waals surface area contributed by atoms with E-state index in [4.69, 9.17) is 0 Å². The van der Waals surface area contributed by atoms with Gasteiger partial charge in [0.2, 0.25) is 0 Å². The minimum Gasteiger partial charge on any atom is -0.331 e. The second-order valence-corrected chi connectivity index (χ2v) is 6.71. The van der Waals surface area contributed by atoms with Gasteiger partial charge in [0.25, 0.3) is 5.91 Å². The number of carbonyl (C=O) groups excluding carboxylic acids is 1. The SMILES string of the molecule is CCC1c2ccc(C)cc2CCN1C(=O)c1ccccc1Br. The number of amides is 1. The van der Waals surface area contributed by atoms with Gasteiger partial charge in [-0.1, -0.05) is 42.8 Å². The Kier molecular flexibility index (Phi) is 4.34. The molecule has 2 aromatic carbocycles. The zero-order valence-electron chi connectivity index (χ0n) is 13.0. The maximum Gasteiger partial charge on any atom is 0.255 e. The molecule has 2 aromatic rings. The van der Waals surface area contributed by atoms with E-state index in [-0.39, 0.29) is 11.9 Å². The van der Waals surface area contributed by atoms with Crippen LogP contribution in [0, 0.1) is 6.92 Å². The standard InChI is InChI=1S/C19H20BrNO/c1-3-18-15-9-8-13(2)12-14(15)10-11-21(18)19(22)16-6-4-5-7-17(16)20/h4-9,12,18H,3,10-11H2,1-2H3. The van der Waals surface area contributed by atoms with Gasteiger partial charge in [-0.3, -0.25) is 4.79 Å². The Morgan fingerprint density at radius 3 is 2.77 bits per heavy atom. The molecular formula is C19H20BrNO. The number of carbonyl (C=O) groups is 1. The van der Waals surface area contributed by atoms with Crippen molar-refractivity contribution < 1.29 is 4.79 Å². The third kappa shape index (κ3) is 2.70. The molecule has 22 heavy (non-hydrogen) atoms. The lowest BCUT2D eigenvalue weighted by molar-refractivity contribution is 0.0654. The van der Waals surface area contributed by atoms with Crippen molar-refractivity contribution in [1.82, 2.24) is 4.90 Å². The van der Waals surface area contributed by atoms with Crippen molar-refractivity contribution in [3.63, 3.8) is 0 Å². The third-order valence-electron chi connectivity index (χ3n) is 4.41. The maximum absolute atomic E-state index is 13.0. The highest BCUT2D eigenvalue weighted by atomic mass is 79.9. The number of hydrogen-bond acceptors (Lipinski definition) is 1. The summed E-state index contributed by atoms with van der Waals surface area (Å²) in [4.78, 5) is 15.0. The van der Waals surface area contributed by atoms with Gasteiger partial charge in [0.05, 0.1) is 11.6 Å². The van der Waals surface area contributed by atoms with Gasteiger partial charge in [-0.2, -0.15) is 0 Å². The van der Waals surface area contributed by atoms with Crippen LogP contribution in [0.3, 0.4) is 0 Å². The normalized spacial score (nSPS) is 17.2. The average molecular weight is 358 g/mol. The smallest absolute Gasteiger partial charge is 0.255 e. The minimum absolute atomic E-state index is 0.116. The maximum atomic E-state index is 13.0. The van der Waals surface area contributed by atoms with Crippen molar-refractivity contribution >= 4 is 21.8 Å². The minimum atomic E-state index is 0.116. The summed E-state index contributed by atoms with van der Waals surface area (Å²) < 4.78 is 0.865. The molecule has 1 amide bonds. The lowest BCUT2D eigenvalue weighted by atomic mass is 9.89. The fraction of sp³-hybridized carbons (Fsp3) is 0.316. The van der Waals surface area contributed by atoms with Crippen LogP contribution in [0.1, 0.15) is 46.4 Å². The van der Waals surface area contributed by atoms with Crippen molar-refractivity contribution in [2.45, 2.75) is 32.7 Å². The topological polar surface area (TPSA) is 20.3 Å². The summed E-state index contributed by atoms with van der Waals surface area (Å²) in [6.07, 6.45) is 1.87. The zero-order chi connectivity index (χ0) is 15.7. The van der Waals surface area contributed by atoms with Crippen LogP contribution in [0.2, 0.25) is 0 Å². The van der Waals surface area contributed by atoms with E-state index in [1.165, 1.54) is 16.7 Å². The van der Waals surface area contributed by atoms with Crippen molar-refractivity contribution in [2.75, 3.05) is 6.54 Å². The number of benzene rings is 2. The summed E-state index contributed by atoms with van der Waals surface area (Å²) in [5, 5.41) is 0. The fourth-order valence-corrected chi connectivity index (χ4v) is 3.77. The van der Waals surface area contributed by atoms with Crippen molar-refractivity contribution in [2.24, 2.45) is 0 Å². The first-order chi connectivity index (χ1) is 10.6. The molecule has 0 spiro atoms. The molecule has 2 nitrogen and oxygen atoms in total. The molecule has 0 N–H and O–H groups in total. The molecule has 3 heteroatoms. The largest absolute Gasteiger partial charge is 0.331 e. The number of rotatable bonds is 2. The van der Waals surface area contributed by atoms with E-state index >= 15 is 0 Å². The molecule has 0 saturated heterocycles. The summed E-state index contributed by atoms with van der Waals surface area (Å²) >= 11 is 3.50. The Balaban J connectivity index is 1.97. The highest BCUT2D eigenvalue weighted by Crippen LogP contribution is 2.34. The Morgan fingerprint density at radius 1 is 1.27 bits per heavy atom. The molecule has 0 bridgehead atoms. The molecule has 0 radical (unpaired) electrons. The second-order valence-electron chi connectivity index (χ2n) is 5.85. The van der Waals surface area contributed by atoms with Gasteiger partial charge < -0.3 is 4.90 Å². The fourth-order valence-electron chi connectivity index (χ4n) is 3.31. The number of nitrogens with zero attached hydrogens (tertiary/aromatic N) is 1. The molecule has 0 aliphatic carbocycles. The van der Waals surface area contributed by atoms with E-state index < -0.39 is 0 Å². The summed E-state index contributed by atoms with van der Waals surface area (Å²) in [6.45, 7) is 5.06. The molecule has 0 saturated carbocycles. The molecule has 1 aliphatic heterocycles. The summed E-state index contributed by atoms with van der Waals surface area (Å²) in [6, 6.07) is 14.4.